The Morgan fingerprint density at radius 2 is 1.47 bits per heavy atom. The summed E-state index contributed by atoms with van der Waals surface area (Å²) < 4.78 is 23.1. The van der Waals surface area contributed by atoms with Gasteiger partial charge in [0, 0.05) is 11.6 Å². The first-order valence-electron chi connectivity index (χ1n) is 10.3. The molecule has 0 aliphatic carbocycles. The average molecular weight is 479 g/mol. The van der Waals surface area contributed by atoms with Gasteiger partial charge >= 0.3 is 0 Å². The predicted molar refractivity (Wildman–Crippen MR) is 134 cm³/mol. The van der Waals surface area contributed by atoms with Crippen LogP contribution in [0.25, 0.3) is 28.7 Å². The third-order valence-corrected chi connectivity index (χ3v) is 5.64. The van der Waals surface area contributed by atoms with E-state index < -0.39 is 0 Å². The van der Waals surface area contributed by atoms with Crippen LogP contribution in [0.5, 0.6) is 23.0 Å². The lowest BCUT2D eigenvalue weighted by Gasteiger charge is -2.14. The number of hydrogen-bond donors (Lipinski definition) is 0. The third-order valence-electron chi connectivity index (χ3n) is 5.34. The number of methoxy groups -OCH3 is 4. The largest absolute Gasteiger partial charge is 0.496 e. The molecule has 174 valence electrons. The summed E-state index contributed by atoms with van der Waals surface area (Å²) in [7, 11) is 6.23. The summed E-state index contributed by atoms with van der Waals surface area (Å²) >= 11 is 6.36. The van der Waals surface area contributed by atoms with Gasteiger partial charge in [-0.3, -0.25) is 9.36 Å². The monoisotopic (exact) mass is 478 g/mol. The topological polar surface area (TPSA) is 71.8 Å². The second-order valence-corrected chi connectivity index (χ2v) is 7.64. The lowest BCUT2D eigenvalue weighted by Crippen LogP contribution is -2.22. The number of nitrogens with zero attached hydrogens (tertiary/aromatic N) is 2. The van der Waals surface area contributed by atoms with Crippen molar-refractivity contribution < 1.29 is 18.9 Å². The van der Waals surface area contributed by atoms with E-state index in [1.807, 2.05) is 6.07 Å². The van der Waals surface area contributed by atoms with Crippen LogP contribution in [0.15, 0.2) is 59.4 Å². The predicted octanol–water partition coefficient (Wildman–Crippen LogP) is 5.24. The fraction of sp³-hybridized carbons (Fsp3) is 0.154. The highest BCUT2D eigenvalue weighted by Gasteiger charge is 2.14. The Bertz CT molecular complexity index is 1450. The molecule has 1 heterocycles. The van der Waals surface area contributed by atoms with Gasteiger partial charge < -0.3 is 18.9 Å². The number of fused-ring (bicyclic) bond motifs is 1. The van der Waals surface area contributed by atoms with Gasteiger partial charge in [-0.1, -0.05) is 23.7 Å². The molecule has 0 unspecified atom stereocenters. The molecule has 0 spiro atoms. The highest BCUT2D eigenvalue weighted by Crippen LogP contribution is 2.35. The van der Waals surface area contributed by atoms with Gasteiger partial charge in [0.1, 0.15) is 17.3 Å². The van der Waals surface area contributed by atoms with Gasteiger partial charge in [-0.05, 0) is 48.6 Å². The maximum atomic E-state index is 13.5. The van der Waals surface area contributed by atoms with Crippen LogP contribution >= 0.6 is 11.6 Å². The second kappa shape index (κ2) is 9.89. The Balaban J connectivity index is 1.93. The van der Waals surface area contributed by atoms with Gasteiger partial charge in [-0.2, -0.15) is 0 Å². The first-order chi connectivity index (χ1) is 16.5. The number of hydrogen-bond acceptors (Lipinski definition) is 6. The number of benzene rings is 3. The first-order valence-corrected chi connectivity index (χ1v) is 10.7. The number of halogens is 1. The van der Waals surface area contributed by atoms with E-state index in [1.165, 1.54) is 11.7 Å². The summed E-state index contributed by atoms with van der Waals surface area (Å²) in [6.45, 7) is 0. The average Bonchev–Trinajstić information content (AvgIpc) is 2.86. The minimum Gasteiger partial charge on any atom is -0.496 e. The van der Waals surface area contributed by atoms with E-state index in [0.717, 1.165) is 5.56 Å². The van der Waals surface area contributed by atoms with Crippen LogP contribution in [0.4, 0.5) is 0 Å². The Labute approximate surface area is 201 Å². The highest BCUT2D eigenvalue weighted by molar-refractivity contribution is 6.32. The van der Waals surface area contributed by atoms with Crippen LogP contribution < -0.4 is 24.5 Å². The van der Waals surface area contributed by atoms with E-state index in [1.54, 1.807) is 82.0 Å². The molecule has 0 saturated heterocycles. The van der Waals surface area contributed by atoms with Gasteiger partial charge in [0.05, 0.1) is 50.1 Å². The molecule has 0 bridgehead atoms. The van der Waals surface area contributed by atoms with Crippen LogP contribution in [0, 0.1) is 0 Å². The van der Waals surface area contributed by atoms with E-state index in [4.69, 9.17) is 35.5 Å². The Morgan fingerprint density at radius 1 is 0.794 bits per heavy atom. The van der Waals surface area contributed by atoms with E-state index in [-0.39, 0.29) is 5.56 Å². The first kappa shape index (κ1) is 23.2. The van der Waals surface area contributed by atoms with Crippen LogP contribution in [0.3, 0.4) is 0 Å². The van der Waals surface area contributed by atoms with Crippen molar-refractivity contribution in [2.75, 3.05) is 28.4 Å². The lowest BCUT2D eigenvalue weighted by atomic mass is 10.1. The number of para-hydroxylation sites is 1. The molecule has 4 rings (SSSR count). The molecule has 1 aromatic heterocycles. The molecule has 0 aliphatic rings. The molecule has 0 aliphatic heterocycles. The van der Waals surface area contributed by atoms with Crippen molar-refractivity contribution in [3.8, 4) is 28.7 Å². The molecular formula is C26H23ClN2O5. The van der Waals surface area contributed by atoms with E-state index in [0.29, 0.717) is 50.4 Å². The second-order valence-electron chi connectivity index (χ2n) is 7.23. The van der Waals surface area contributed by atoms with Crippen molar-refractivity contribution in [1.29, 1.82) is 0 Å². The molecule has 4 aromatic rings. The minimum atomic E-state index is -0.217. The maximum absolute atomic E-state index is 13.5. The normalized spacial score (nSPS) is 11.1. The van der Waals surface area contributed by atoms with Crippen LogP contribution in [0.2, 0.25) is 5.02 Å². The Hall–Kier alpha value is -3.97. The van der Waals surface area contributed by atoms with Gasteiger partial charge in [-0.25, -0.2) is 4.98 Å². The van der Waals surface area contributed by atoms with Crippen molar-refractivity contribution >= 4 is 34.7 Å². The molecule has 0 fully saturated rings. The summed E-state index contributed by atoms with van der Waals surface area (Å²) in [5, 5.41) is 0.881. The molecule has 0 radical (unpaired) electrons. The van der Waals surface area contributed by atoms with Crippen molar-refractivity contribution in [3.05, 3.63) is 81.4 Å². The summed E-state index contributed by atoms with van der Waals surface area (Å²) in [6, 6.07) is 15.9. The SMILES string of the molecule is COc1ccc(-n2c(/C=C/c3cc(OC)c(OC)cc3OC)nc3ccccc3c2=O)cc1Cl. The third kappa shape index (κ3) is 4.30. The maximum Gasteiger partial charge on any atom is 0.266 e. The lowest BCUT2D eigenvalue weighted by molar-refractivity contribution is 0.348. The molecule has 7 nitrogen and oxygen atoms in total. The molecule has 3 aromatic carbocycles. The van der Waals surface area contributed by atoms with Gasteiger partial charge in [-0.15, -0.1) is 0 Å². The zero-order valence-electron chi connectivity index (χ0n) is 19.2. The van der Waals surface area contributed by atoms with Crippen molar-refractivity contribution in [2.24, 2.45) is 0 Å². The van der Waals surface area contributed by atoms with Crippen LogP contribution in [0.1, 0.15) is 11.4 Å². The number of aromatic nitrogens is 2. The molecule has 0 amide bonds. The molecule has 0 saturated carbocycles. The zero-order valence-corrected chi connectivity index (χ0v) is 19.9. The van der Waals surface area contributed by atoms with Gasteiger partial charge in [0.2, 0.25) is 0 Å². The minimum absolute atomic E-state index is 0.217. The van der Waals surface area contributed by atoms with Gasteiger partial charge in [0.25, 0.3) is 5.56 Å². The zero-order chi connectivity index (χ0) is 24.2. The summed E-state index contributed by atoms with van der Waals surface area (Å²) in [6.07, 6.45) is 3.55. The standard InChI is InChI=1S/C26H23ClN2O5/c1-31-21-11-10-17(14-19(21)27)29-25(28-20-8-6-5-7-18(20)26(29)30)12-9-16-13-23(33-3)24(34-4)15-22(16)32-2/h5-15H,1-4H3/b12-9+. The summed E-state index contributed by atoms with van der Waals surface area (Å²) in [5.74, 6) is 2.61. The van der Waals surface area contributed by atoms with Crippen molar-refractivity contribution in [2.45, 2.75) is 0 Å². The van der Waals surface area contributed by atoms with Crippen molar-refractivity contribution in [3.63, 3.8) is 0 Å². The van der Waals surface area contributed by atoms with E-state index in [9.17, 15) is 4.79 Å². The van der Waals surface area contributed by atoms with Gasteiger partial charge in [0.15, 0.2) is 11.5 Å². The fourth-order valence-corrected chi connectivity index (χ4v) is 3.90. The fourth-order valence-electron chi connectivity index (χ4n) is 3.65. The number of ether oxygens (including phenoxy) is 4. The summed E-state index contributed by atoms with van der Waals surface area (Å²) in [5.41, 5.74) is 1.66. The highest BCUT2D eigenvalue weighted by atomic mass is 35.5. The Morgan fingerprint density at radius 3 is 2.15 bits per heavy atom. The summed E-state index contributed by atoms with van der Waals surface area (Å²) in [4.78, 5) is 18.2. The smallest absolute Gasteiger partial charge is 0.266 e. The molecule has 34 heavy (non-hydrogen) atoms. The van der Waals surface area contributed by atoms with E-state index >= 15 is 0 Å². The quantitative estimate of drug-likeness (QED) is 0.361. The van der Waals surface area contributed by atoms with Crippen LogP contribution in [-0.4, -0.2) is 38.0 Å². The van der Waals surface area contributed by atoms with E-state index in [2.05, 4.69) is 0 Å². The Kier molecular flexibility index (Phi) is 6.75. The molecule has 0 N–H and O–H groups in total. The van der Waals surface area contributed by atoms with Crippen molar-refractivity contribution in [1.82, 2.24) is 9.55 Å². The van der Waals surface area contributed by atoms with Crippen LogP contribution in [-0.2, 0) is 0 Å². The molecule has 0 atom stereocenters. The number of rotatable bonds is 7. The molecule has 8 heteroatoms. The molecular weight excluding hydrogens is 456 g/mol.